The van der Waals surface area contributed by atoms with E-state index in [9.17, 15) is 0 Å². The Hall–Kier alpha value is -0.510. The molecule has 3 heteroatoms. The molecule has 17 heavy (non-hydrogen) atoms. The Morgan fingerprint density at radius 1 is 1.29 bits per heavy atom. The fourth-order valence-electron chi connectivity index (χ4n) is 1.92. The van der Waals surface area contributed by atoms with Crippen molar-refractivity contribution >= 4 is 11.8 Å². The summed E-state index contributed by atoms with van der Waals surface area (Å²) in [5.74, 6) is 0.616. The van der Waals surface area contributed by atoms with Gasteiger partial charge in [0.2, 0.25) is 0 Å². The van der Waals surface area contributed by atoms with Gasteiger partial charge in [0.15, 0.2) is 0 Å². The van der Waals surface area contributed by atoms with Crippen LogP contribution in [0.4, 0.5) is 0 Å². The predicted octanol–water partition coefficient (Wildman–Crippen LogP) is 2.83. The van der Waals surface area contributed by atoms with Crippen LogP contribution in [0.3, 0.4) is 0 Å². The van der Waals surface area contributed by atoms with Crippen molar-refractivity contribution < 1.29 is 0 Å². The Kier molecular flexibility index (Phi) is 6.63. The van der Waals surface area contributed by atoms with E-state index in [2.05, 4.69) is 49.4 Å². The van der Waals surface area contributed by atoms with Gasteiger partial charge in [0.25, 0.3) is 0 Å². The molecule has 1 unspecified atom stereocenters. The van der Waals surface area contributed by atoms with Crippen LogP contribution in [-0.2, 0) is 6.54 Å². The molecule has 0 aromatic heterocycles. The number of benzene rings is 1. The van der Waals surface area contributed by atoms with Crippen molar-refractivity contribution in [1.82, 2.24) is 4.90 Å². The largest absolute Gasteiger partial charge is 0.330 e. The Bertz CT molecular complexity index is 307. The number of hydrogen-bond donors (Lipinski definition) is 1. The van der Waals surface area contributed by atoms with E-state index in [1.165, 1.54) is 10.5 Å². The highest BCUT2D eigenvalue weighted by molar-refractivity contribution is 7.98. The average molecular weight is 252 g/mol. The molecule has 0 fully saturated rings. The number of hydrogen-bond acceptors (Lipinski definition) is 3. The van der Waals surface area contributed by atoms with Gasteiger partial charge in [-0.25, -0.2) is 0 Å². The van der Waals surface area contributed by atoms with E-state index in [1.807, 2.05) is 0 Å². The van der Waals surface area contributed by atoms with E-state index in [0.29, 0.717) is 5.92 Å². The first-order valence-electron chi connectivity index (χ1n) is 6.21. The van der Waals surface area contributed by atoms with Crippen LogP contribution in [0.25, 0.3) is 0 Å². The summed E-state index contributed by atoms with van der Waals surface area (Å²) in [7, 11) is 2.17. The van der Waals surface area contributed by atoms with E-state index >= 15 is 0 Å². The van der Waals surface area contributed by atoms with Gasteiger partial charge in [-0.05, 0) is 43.5 Å². The summed E-state index contributed by atoms with van der Waals surface area (Å²) in [4.78, 5) is 3.68. The van der Waals surface area contributed by atoms with E-state index < -0.39 is 0 Å². The summed E-state index contributed by atoms with van der Waals surface area (Å²) < 4.78 is 0. The first-order valence-corrected chi connectivity index (χ1v) is 7.43. The molecule has 0 aliphatic heterocycles. The Labute approximate surface area is 110 Å². The summed E-state index contributed by atoms with van der Waals surface area (Å²) in [6.45, 7) is 5.08. The lowest BCUT2D eigenvalue weighted by Gasteiger charge is -2.22. The Morgan fingerprint density at radius 2 is 1.94 bits per heavy atom. The molecule has 0 radical (unpaired) electrons. The maximum atomic E-state index is 5.73. The number of thioether (sulfide) groups is 1. The van der Waals surface area contributed by atoms with Crippen molar-refractivity contribution in [2.45, 2.75) is 24.8 Å². The molecule has 0 spiro atoms. The lowest BCUT2D eigenvalue weighted by atomic mass is 10.1. The van der Waals surface area contributed by atoms with Crippen LogP contribution in [0.1, 0.15) is 18.9 Å². The van der Waals surface area contributed by atoms with Crippen LogP contribution in [0.2, 0.25) is 0 Å². The van der Waals surface area contributed by atoms with Gasteiger partial charge >= 0.3 is 0 Å². The van der Waals surface area contributed by atoms with Crippen LogP contribution in [0.15, 0.2) is 29.2 Å². The minimum absolute atomic E-state index is 0.616. The normalized spacial score (nSPS) is 13.0. The first kappa shape index (κ1) is 14.6. The van der Waals surface area contributed by atoms with Crippen molar-refractivity contribution in [3.63, 3.8) is 0 Å². The summed E-state index contributed by atoms with van der Waals surface area (Å²) in [5, 5.41) is 0. The van der Waals surface area contributed by atoms with Crippen molar-refractivity contribution in [3.8, 4) is 0 Å². The lowest BCUT2D eigenvalue weighted by Crippen LogP contribution is -2.29. The molecule has 0 saturated carbocycles. The standard InChI is InChI=1S/C14H24N2S/c1-4-12(9-15)10-16(2)11-13-5-7-14(17-3)8-6-13/h5-8,12H,4,9-11,15H2,1-3H3. The van der Waals surface area contributed by atoms with Gasteiger partial charge in [0.05, 0.1) is 0 Å². The van der Waals surface area contributed by atoms with E-state index in [0.717, 1.165) is 26.1 Å². The van der Waals surface area contributed by atoms with Gasteiger partial charge in [-0.15, -0.1) is 11.8 Å². The zero-order chi connectivity index (χ0) is 12.7. The molecule has 2 nitrogen and oxygen atoms in total. The third-order valence-corrected chi connectivity index (χ3v) is 3.84. The number of nitrogens with two attached hydrogens (primary N) is 1. The average Bonchev–Trinajstić information content (AvgIpc) is 2.37. The van der Waals surface area contributed by atoms with E-state index in [1.54, 1.807) is 11.8 Å². The highest BCUT2D eigenvalue weighted by Gasteiger charge is 2.08. The number of nitrogens with zero attached hydrogens (tertiary/aromatic N) is 1. The molecule has 0 aliphatic carbocycles. The molecule has 2 N–H and O–H groups in total. The molecule has 96 valence electrons. The van der Waals surface area contributed by atoms with E-state index in [4.69, 9.17) is 5.73 Å². The van der Waals surface area contributed by atoms with Crippen LogP contribution in [0, 0.1) is 5.92 Å². The monoisotopic (exact) mass is 252 g/mol. The fraction of sp³-hybridized carbons (Fsp3) is 0.571. The minimum Gasteiger partial charge on any atom is -0.330 e. The minimum atomic E-state index is 0.616. The van der Waals surface area contributed by atoms with Crippen molar-refractivity contribution in [1.29, 1.82) is 0 Å². The van der Waals surface area contributed by atoms with Gasteiger partial charge in [0.1, 0.15) is 0 Å². The summed E-state index contributed by atoms with van der Waals surface area (Å²) in [6.07, 6.45) is 3.26. The van der Waals surface area contributed by atoms with Crippen LogP contribution in [-0.4, -0.2) is 31.3 Å². The molecule has 0 aliphatic rings. The van der Waals surface area contributed by atoms with Gasteiger partial charge in [0, 0.05) is 18.0 Å². The molecule has 1 aromatic carbocycles. The van der Waals surface area contributed by atoms with Gasteiger partial charge < -0.3 is 10.6 Å². The SMILES string of the molecule is CCC(CN)CN(C)Cc1ccc(SC)cc1. The zero-order valence-corrected chi connectivity index (χ0v) is 12.0. The fourth-order valence-corrected chi connectivity index (χ4v) is 2.33. The zero-order valence-electron chi connectivity index (χ0n) is 11.1. The maximum Gasteiger partial charge on any atom is 0.0230 e. The Morgan fingerprint density at radius 3 is 2.41 bits per heavy atom. The summed E-state index contributed by atoms with van der Waals surface area (Å²) in [6, 6.07) is 8.81. The van der Waals surface area contributed by atoms with Crippen LogP contribution >= 0.6 is 11.8 Å². The highest BCUT2D eigenvalue weighted by atomic mass is 32.2. The van der Waals surface area contributed by atoms with Crippen LogP contribution in [0.5, 0.6) is 0 Å². The van der Waals surface area contributed by atoms with Gasteiger partial charge in [-0.3, -0.25) is 0 Å². The Balaban J connectivity index is 2.46. The molecule has 0 bridgehead atoms. The van der Waals surface area contributed by atoms with Gasteiger partial charge in [-0.2, -0.15) is 0 Å². The van der Waals surface area contributed by atoms with E-state index in [-0.39, 0.29) is 0 Å². The predicted molar refractivity (Wildman–Crippen MR) is 77.4 cm³/mol. The molecule has 0 saturated heterocycles. The number of rotatable bonds is 7. The smallest absolute Gasteiger partial charge is 0.0230 e. The first-order chi connectivity index (χ1) is 8.19. The summed E-state index contributed by atoms with van der Waals surface area (Å²) in [5.41, 5.74) is 7.11. The second-order valence-electron chi connectivity index (χ2n) is 4.55. The maximum absolute atomic E-state index is 5.73. The van der Waals surface area contributed by atoms with Crippen molar-refractivity contribution in [3.05, 3.63) is 29.8 Å². The summed E-state index contributed by atoms with van der Waals surface area (Å²) >= 11 is 1.78. The second kappa shape index (κ2) is 7.75. The molecular weight excluding hydrogens is 228 g/mol. The van der Waals surface area contributed by atoms with Gasteiger partial charge in [-0.1, -0.05) is 25.5 Å². The molecule has 0 heterocycles. The topological polar surface area (TPSA) is 29.3 Å². The molecule has 1 rings (SSSR count). The molecular formula is C14H24N2S. The highest BCUT2D eigenvalue weighted by Crippen LogP contribution is 2.16. The molecule has 1 aromatic rings. The van der Waals surface area contributed by atoms with Crippen LogP contribution < -0.4 is 5.73 Å². The molecule has 1 atom stereocenters. The second-order valence-corrected chi connectivity index (χ2v) is 5.43. The third-order valence-electron chi connectivity index (χ3n) is 3.09. The lowest BCUT2D eigenvalue weighted by molar-refractivity contribution is 0.268. The van der Waals surface area contributed by atoms with Crippen molar-refractivity contribution in [2.75, 3.05) is 26.4 Å². The third kappa shape index (κ3) is 5.11. The molecule has 0 amide bonds. The van der Waals surface area contributed by atoms with Crippen molar-refractivity contribution in [2.24, 2.45) is 11.7 Å². The quantitative estimate of drug-likeness (QED) is 0.757.